The molecule has 0 saturated heterocycles. The molecular formula is C11H10Br2O4. The first-order chi connectivity index (χ1) is 7.86. The van der Waals surface area contributed by atoms with Gasteiger partial charge in [-0.05, 0) is 13.0 Å². The van der Waals surface area contributed by atoms with Gasteiger partial charge in [0.1, 0.15) is 0 Å². The Kier molecular flexibility index (Phi) is 4.85. The van der Waals surface area contributed by atoms with Gasteiger partial charge in [-0.15, -0.1) is 0 Å². The first-order valence-corrected chi connectivity index (χ1v) is 6.44. The van der Waals surface area contributed by atoms with Gasteiger partial charge in [0.05, 0.1) is 4.83 Å². The van der Waals surface area contributed by atoms with E-state index in [9.17, 15) is 14.7 Å². The maximum atomic E-state index is 11.9. The molecule has 1 rings (SSSR count). The summed E-state index contributed by atoms with van der Waals surface area (Å²) in [6.45, 7) is 1.64. The molecule has 2 unspecified atom stereocenters. The first-order valence-electron chi connectivity index (χ1n) is 4.73. The zero-order valence-electron chi connectivity index (χ0n) is 8.85. The highest BCUT2D eigenvalue weighted by Gasteiger charge is 2.26. The van der Waals surface area contributed by atoms with Crippen LogP contribution in [0, 0.1) is 0 Å². The molecule has 0 radical (unpaired) electrons. The summed E-state index contributed by atoms with van der Waals surface area (Å²) in [5, 5.41) is 18.3. The molecule has 0 spiro atoms. The van der Waals surface area contributed by atoms with Crippen molar-refractivity contribution in [2.45, 2.75) is 17.9 Å². The monoisotopic (exact) mass is 364 g/mol. The van der Waals surface area contributed by atoms with E-state index in [1.165, 1.54) is 6.07 Å². The fourth-order valence-electron chi connectivity index (χ4n) is 1.36. The highest BCUT2D eigenvalue weighted by molar-refractivity contribution is 9.10. The van der Waals surface area contributed by atoms with Crippen LogP contribution >= 0.6 is 31.9 Å². The van der Waals surface area contributed by atoms with Gasteiger partial charge in [-0.3, -0.25) is 4.79 Å². The Balaban J connectivity index is 3.36. The molecular weight excluding hydrogens is 356 g/mol. The van der Waals surface area contributed by atoms with E-state index in [4.69, 9.17) is 5.11 Å². The highest BCUT2D eigenvalue weighted by Crippen LogP contribution is 2.28. The number of hydrogen-bond acceptors (Lipinski definition) is 3. The summed E-state index contributed by atoms with van der Waals surface area (Å²) >= 11 is 6.32. The maximum absolute atomic E-state index is 11.9. The van der Waals surface area contributed by atoms with E-state index in [-0.39, 0.29) is 16.9 Å². The number of carboxylic acid groups (broad SMARTS) is 1. The summed E-state index contributed by atoms with van der Waals surface area (Å²) in [6.07, 6.45) is -1.71. The minimum atomic E-state index is -1.71. The van der Waals surface area contributed by atoms with E-state index >= 15 is 0 Å². The number of halogens is 2. The SMILES string of the molecule is CC(Br)C(=O)c1c(Br)cccc1C(O)C(=O)O. The fourth-order valence-corrected chi connectivity index (χ4v) is 2.17. The summed E-state index contributed by atoms with van der Waals surface area (Å²) in [4.78, 5) is 22.2. The molecule has 2 atom stereocenters. The lowest BCUT2D eigenvalue weighted by atomic mass is 9.98. The number of aliphatic hydroxyl groups excluding tert-OH is 1. The highest BCUT2D eigenvalue weighted by atomic mass is 79.9. The second-order valence-corrected chi connectivity index (χ2v) is 5.65. The lowest BCUT2D eigenvalue weighted by molar-refractivity contribution is -0.146. The summed E-state index contributed by atoms with van der Waals surface area (Å²) in [5.41, 5.74) is 0.273. The second-order valence-electron chi connectivity index (χ2n) is 3.43. The molecule has 6 heteroatoms. The van der Waals surface area contributed by atoms with Crippen molar-refractivity contribution in [3.8, 4) is 0 Å². The van der Waals surface area contributed by atoms with Gasteiger partial charge in [-0.1, -0.05) is 44.0 Å². The quantitative estimate of drug-likeness (QED) is 0.635. The number of alkyl halides is 1. The van der Waals surface area contributed by atoms with Crippen molar-refractivity contribution in [3.63, 3.8) is 0 Å². The van der Waals surface area contributed by atoms with Crippen LogP contribution < -0.4 is 0 Å². The average molecular weight is 366 g/mol. The summed E-state index contributed by atoms with van der Waals surface area (Å²) in [5.74, 6) is -1.67. The molecule has 4 nitrogen and oxygen atoms in total. The summed E-state index contributed by atoms with van der Waals surface area (Å²) in [6, 6.07) is 4.62. The number of carbonyl (C=O) groups excluding carboxylic acids is 1. The van der Waals surface area contributed by atoms with E-state index < -0.39 is 16.9 Å². The molecule has 0 saturated carbocycles. The Morgan fingerprint density at radius 1 is 1.35 bits per heavy atom. The lowest BCUT2D eigenvalue weighted by Crippen LogP contribution is -2.19. The van der Waals surface area contributed by atoms with Crippen molar-refractivity contribution in [1.29, 1.82) is 0 Å². The van der Waals surface area contributed by atoms with Gasteiger partial charge in [0.15, 0.2) is 11.9 Å². The topological polar surface area (TPSA) is 74.6 Å². The molecule has 0 aliphatic heterocycles. The molecule has 0 aliphatic rings. The van der Waals surface area contributed by atoms with Gasteiger partial charge in [-0.25, -0.2) is 4.79 Å². The van der Waals surface area contributed by atoms with Crippen molar-refractivity contribution < 1.29 is 19.8 Å². The number of hydrogen-bond donors (Lipinski definition) is 2. The molecule has 0 heterocycles. The Bertz CT molecular complexity index is 457. The van der Waals surface area contributed by atoms with Gasteiger partial charge in [0.25, 0.3) is 0 Å². The van der Waals surface area contributed by atoms with Crippen molar-refractivity contribution in [1.82, 2.24) is 0 Å². The van der Waals surface area contributed by atoms with E-state index in [1.54, 1.807) is 19.1 Å². The summed E-state index contributed by atoms with van der Waals surface area (Å²) in [7, 11) is 0. The largest absolute Gasteiger partial charge is 0.479 e. The van der Waals surface area contributed by atoms with Gasteiger partial charge >= 0.3 is 5.97 Å². The Labute approximate surface area is 115 Å². The van der Waals surface area contributed by atoms with Crippen LogP contribution in [-0.4, -0.2) is 26.8 Å². The fraction of sp³-hybridized carbons (Fsp3) is 0.273. The number of benzene rings is 1. The molecule has 1 aromatic rings. The van der Waals surface area contributed by atoms with E-state index in [1.807, 2.05) is 0 Å². The minimum Gasteiger partial charge on any atom is -0.479 e. The molecule has 0 aromatic heterocycles. The van der Waals surface area contributed by atoms with Crippen molar-refractivity contribution in [3.05, 3.63) is 33.8 Å². The molecule has 1 aromatic carbocycles. The van der Waals surface area contributed by atoms with Crippen LogP contribution in [0.2, 0.25) is 0 Å². The molecule has 2 N–H and O–H groups in total. The number of aliphatic hydroxyl groups is 1. The van der Waals surface area contributed by atoms with Crippen LogP contribution in [0.5, 0.6) is 0 Å². The zero-order valence-corrected chi connectivity index (χ0v) is 12.0. The van der Waals surface area contributed by atoms with Gasteiger partial charge < -0.3 is 10.2 Å². The van der Waals surface area contributed by atoms with Crippen LogP contribution in [0.15, 0.2) is 22.7 Å². The molecule has 17 heavy (non-hydrogen) atoms. The molecule has 0 fully saturated rings. The standard InChI is InChI=1S/C11H10Br2O4/c1-5(12)9(14)8-6(10(15)11(16)17)3-2-4-7(8)13/h2-5,10,15H,1H3,(H,16,17). The third kappa shape index (κ3) is 3.14. The first kappa shape index (κ1) is 14.3. The Morgan fingerprint density at radius 3 is 2.41 bits per heavy atom. The molecule has 92 valence electrons. The van der Waals surface area contributed by atoms with Crippen LogP contribution in [0.1, 0.15) is 28.9 Å². The molecule has 0 amide bonds. The molecule has 0 aliphatic carbocycles. The van der Waals surface area contributed by atoms with Crippen LogP contribution in [0.25, 0.3) is 0 Å². The van der Waals surface area contributed by atoms with Gasteiger partial charge in [0.2, 0.25) is 0 Å². The number of carbonyl (C=O) groups is 2. The van der Waals surface area contributed by atoms with E-state index in [0.717, 1.165) is 0 Å². The smallest absolute Gasteiger partial charge is 0.337 e. The molecule has 0 bridgehead atoms. The average Bonchev–Trinajstić information content (AvgIpc) is 2.26. The predicted octanol–water partition coefficient (Wildman–Crippen LogP) is 2.53. The Hall–Kier alpha value is -0.720. The van der Waals surface area contributed by atoms with E-state index in [2.05, 4.69) is 31.9 Å². The lowest BCUT2D eigenvalue weighted by Gasteiger charge is -2.14. The van der Waals surface area contributed by atoms with E-state index in [0.29, 0.717) is 4.47 Å². The Morgan fingerprint density at radius 2 is 1.94 bits per heavy atom. The maximum Gasteiger partial charge on any atom is 0.337 e. The van der Waals surface area contributed by atoms with Gasteiger partial charge in [-0.2, -0.15) is 0 Å². The number of rotatable bonds is 4. The van der Waals surface area contributed by atoms with Crippen LogP contribution in [0.3, 0.4) is 0 Å². The third-order valence-corrected chi connectivity index (χ3v) is 3.26. The van der Waals surface area contributed by atoms with Crippen molar-refractivity contribution in [2.75, 3.05) is 0 Å². The third-order valence-electron chi connectivity index (χ3n) is 2.18. The van der Waals surface area contributed by atoms with Crippen molar-refractivity contribution in [2.24, 2.45) is 0 Å². The number of carboxylic acids is 1. The normalized spacial score (nSPS) is 14.1. The zero-order chi connectivity index (χ0) is 13.2. The second kappa shape index (κ2) is 5.75. The van der Waals surface area contributed by atoms with Gasteiger partial charge in [0, 0.05) is 15.6 Å². The number of aliphatic carboxylic acids is 1. The van der Waals surface area contributed by atoms with Crippen molar-refractivity contribution >= 4 is 43.6 Å². The minimum absolute atomic E-state index is 0.0863. The van der Waals surface area contributed by atoms with Crippen LogP contribution in [0.4, 0.5) is 0 Å². The van der Waals surface area contributed by atoms with Crippen LogP contribution in [-0.2, 0) is 4.79 Å². The predicted molar refractivity (Wildman–Crippen MR) is 69.5 cm³/mol. The number of Topliss-reactive ketones (excluding diaryl/α,β-unsaturated/α-hetero) is 1. The summed E-state index contributed by atoms with van der Waals surface area (Å²) < 4.78 is 0.464. The number of ketones is 1.